The Hall–Kier alpha value is -1.19. The van der Waals surface area contributed by atoms with E-state index >= 15 is 0 Å². The average molecular weight is 416 g/mol. The first-order chi connectivity index (χ1) is 13.0. The summed E-state index contributed by atoms with van der Waals surface area (Å²) in [6.45, 7) is 4.74. The molecule has 0 saturated carbocycles. The van der Waals surface area contributed by atoms with Gasteiger partial charge >= 0.3 is 0 Å². The lowest BCUT2D eigenvalue weighted by molar-refractivity contribution is -0.125. The number of rotatable bonds is 6. The van der Waals surface area contributed by atoms with E-state index in [9.17, 15) is 13.2 Å². The van der Waals surface area contributed by atoms with Gasteiger partial charge in [-0.1, -0.05) is 18.0 Å². The van der Waals surface area contributed by atoms with Crippen LogP contribution < -0.4 is 5.32 Å². The number of benzene rings is 1. The van der Waals surface area contributed by atoms with Crippen molar-refractivity contribution in [1.29, 1.82) is 0 Å². The normalized spacial score (nSPS) is 22.5. The Labute approximate surface area is 165 Å². The third kappa shape index (κ3) is 5.20. The van der Waals surface area contributed by atoms with E-state index in [0.717, 1.165) is 32.5 Å². The molecule has 0 radical (unpaired) electrons. The zero-order valence-electron chi connectivity index (χ0n) is 15.3. The summed E-state index contributed by atoms with van der Waals surface area (Å²) in [5, 5.41) is 3.39. The number of ether oxygens (including phenoxy) is 1. The van der Waals surface area contributed by atoms with Gasteiger partial charge in [0.05, 0.1) is 18.1 Å². The summed E-state index contributed by atoms with van der Waals surface area (Å²) in [6.07, 6.45) is 2.13. The maximum atomic E-state index is 13.0. The van der Waals surface area contributed by atoms with Crippen molar-refractivity contribution >= 4 is 27.5 Å². The predicted molar refractivity (Wildman–Crippen MR) is 103 cm³/mol. The lowest BCUT2D eigenvalue weighted by atomic mass is 10.0. The second-order valence-electron chi connectivity index (χ2n) is 6.83. The molecule has 7 nitrogen and oxygen atoms in total. The fraction of sp³-hybridized carbons (Fsp3) is 0.611. The van der Waals surface area contributed by atoms with Gasteiger partial charge in [-0.3, -0.25) is 9.69 Å². The highest BCUT2D eigenvalue weighted by molar-refractivity contribution is 7.89. The molecule has 2 aliphatic rings. The number of nitrogens with zero attached hydrogens (tertiary/aromatic N) is 2. The van der Waals surface area contributed by atoms with Crippen LogP contribution in [0.5, 0.6) is 0 Å². The van der Waals surface area contributed by atoms with E-state index < -0.39 is 16.1 Å². The number of nitrogens with one attached hydrogen (secondary N) is 1. The van der Waals surface area contributed by atoms with Crippen LogP contribution in [0.3, 0.4) is 0 Å². The van der Waals surface area contributed by atoms with Gasteiger partial charge < -0.3 is 10.1 Å². The quantitative estimate of drug-likeness (QED) is 0.758. The number of hydrogen-bond acceptors (Lipinski definition) is 5. The zero-order valence-corrected chi connectivity index (χ0v) is 16.8. The molecular formula is C18H26ClN3O4S. The Bertz CT molecular complexity index is 735. The molecule has 2 heterocycles. The third-order valence-corrected chi connectivity index (χ3v) is 7.18. The lowest BCUT2D eigenvalue weighted by Crippen LogP contribution is -2.52. The molecule has 1 amide bonds. The van der Waals surface area contributed by atoms with Crippen LogP contribution in [0, 0.1) is 0 Å². The molecule has 2 aliphatic heterocycles. The number of hydrogen-bond donors (Lipinski definition) is 1. The molecule has 1 N–H and O–H groups in total. The summed E-state index contributed by atoms with van der Waals surface area (Å²) in [6, 6.07) is 5.41. The summed E-state index contributed by atoms with van der Waals surface area (Å²) in [4.78, 5) is 15.1. The van der Waals surface area contributed by atoms with Crippen LogP contribution >= 0.6 is 11.6 Å². The molecule has 2 saturated heterocycles. The average Bonchev–Trinajstić information content (AvgIpc) is 2.69. The van der Waals surface area contributed by atoms with E-state index in [0.29, 0.717) is 37.7 Å². The van der Waals surface area contributed by atoms with Crippen molar-refractivity contribution in [3.63, 3.8) is 0 Å². The summed E-state index contributed by atoms with van der Waals surface area (Å²) in [5.74, 6) is -0.222. The van der Waals surface area contributed by atoms with Gasteiger partial charge in [0.25, 0.3) is 0 Å². The van der Waals surface area contributed by atoms with Gasteiger partial charge in [-0.15, -0.1) is 0 Å². The Morgan fingerprint density at radius 2 is 1.85 bits per heavy atom. The molecule has 27 heavy (non-hydrogen) atoms. The van der Waals surface area contributed by atoms with Gasteiger partial charge in [0.2, 0.25) is 15.9 Å². The van der Waals surface area contributed by atoms with Crippen LogP contribution in [-0.2, 0) is 19.6 Å². The summed E-state index contributed by atoms with van der Waals surface area (Å²) in [7, 11) is -3.73. The number of amides is 1. The van der Waals surface area contributed by atoms with E-state index in [1.165, 1.54) is 16.4 Å². The molecule has 1 aromatic rings. The number of carbonyl (C=O) groups is 1. The first kappa shape index (κ1) is 20.5. The molecule has 2 fully saturated rings. The summed E-state index contributed by atoms with van der Waals surface area (Å²) >= 11 is 5.86. The zero-order chi connectivity index (χ0) is 19.3. The highest BCUT2D eigenvalue weighted by Crippen LogP contribution is 2.26. The predicted octanol–water partition coefficient (Wildman–Crippen LogP) is 1.33. The molecule has 0 spiro atoms. The van der Waals surface area contributed by atoms with E-state index in [1.54, 1.807) is 12.1 Å². The molecule has 150 valence electrons. The fourth-order valence-electron chi connectivity index (χ4n) is 3.48. The molecule has 0 bridgehead atoms. The Kier molecular flexibility index (Phi) is 7.10. The van der Waals surface area contributed by atoms with Crippen molar-refractivity contribution in [2.75, 3.05) is 45.9 Å². The van der Waals surface area contributed by atoms with Gasteiger partial charge in [0, 0.05) is 37.7 Å². The molecular weight excluding hydrogens is 390 g/mol. The molecule has 3 rings (SSSR count). The van der Waals surface area contributed by atoms with Crippen molar-refractivity contribution < 1.29 is 17.9 Å². The van der Waals surface area contributed by atoms with E-state index in [1.807, 2.05) is 0 Å². The number of halogens is 1. The molecule has 0 aliphatic carbocycles. The van der Waals surface area contributed by atoms with E-state index in [4.69, 9.17) is 16.3 Å². The fourth-order valence-corrected chi connectivity index (χ4v) is 5.26. The van der Waals surface area contributed by atoms with Gasteiger partial charge in [0.15, 0.2) is 0 Å². The molecule has 1 atom stereocenters. The molecule has 0 unspecified atom stereocenters. The first-order valence-electron chi connectivity index (χ1n) is 9.34. The number of piperidine rings is 1. The monoisotopic (exact) mass is 415 g/mol. The van der Waals surface area contributed by atoms with Crippen LogP contribution in [0.1, 0.15) is 19.3 Å². The SMILES string of the molecule is O=C(NCCN1CCOCC1)[C@@H]1CCCCN1S(=O)(=O)c1ccc(Cl)cc1. The van der Waals surface area contributed by atoms with Crippen molar-refractivity contribution in [2.45, 2.75) is 30.2 Å². The number of morpholine rings is 1. The maximum absolute atomic E-state index is 13.0. The van der Waals surface area contributed by atoms with E-state index in [-0.39, 0.29) is 10.8 Å². The van der Waals surface area contributed by atoms with Crippen molar-refractivity contribution in [3.8, 4) is 0 Å². The lowest BCUT2D eigenvalue weighted by Gasteiger charge is -2.34. The Morgan fingerprint density at radius 3 is 2.56 bits per heavy atom. The first-order valence-corrected chi connectivity index (χ1v) is 11.2. The van der Waals surface area contributed by atoms with Crippen molar-refractivity contribution in [2.24, 2.45) is 0 Å². The Morgan fingerprint density at radius 1 is 1.15 bits per heavy atom. The maximum Gasteiger partial charge on any atom is 0.243 e. The second kappa shape index (κ2) is 9.34. The third-order valence-electron chi connectivity index (χ3n) is 5.01. The van der Waals surface area contributed by atoms with Gasteiger partial charge in [-0.05, 0) is 37.1 Å². The van der Waals surface area contributed by atoms with Crippen molar-refractivity contribution in [1.82, 2.24) is 14.5 Å². The van der Waals surface area contributed by atoms with Gasteiger partial charge in [-0.25, -0.2) is 8.42 Å². The summed E-state index contributed by atoms with van der Waals surface area (Å²) in [5.41, 5.74) is 0. The van der Waals surface area contributed by atoms with Gasteiger partial charge in [0.1, 0.15) is 6.04 Å². The van der Waals surface area contributed by atoms with Crippen LogP contribution in [0.25, 0.3) is 0 Å². The molecule has 0 aromatic heterocycles. The van der Waals surface area contributed by atoms with Crippen LogP contribution in [0.4, 0.5) is 0 Å². The highest BCUT2D eigenvalue weighted by Gasteiger charge is 2.37. The summed E-state index contributed by atoms with van der Waals surface area (Å²) < 4.78 is 32.7. The molecule has 9 heteroatoms. The van der Waals surface area contributed by atoms with Crippen LogP contribution in [0.2, 0.25) is 5.02 Å². The minimum atomic E-state index is -3.73. The smallest absolute Gasteiger partial charge is 0.243 e. The molecule has 1 aromatic carbocycles. The Balaban J connectivity index is 1.63. The number of carbonyl (C=O) groups excluding carboxylic acids is 1. The largest absolute Gasteiger partial charge is 0.379 e. The van der Waals surface area contributed by atoms with Crippen LogP contribution in [-0.4, -0.2) is 75.5 Å². The standard InChI is InChI=1S/C18H26ClN3O4S/c19-15-4-6-16(7-5-15)27(24,25)22-9-2-1-3-17(22)18(23)20-8-10-21-11-13-26-14-12-21/h4-7,17H,1-3,8-14H2,(H,20,23)/t17-/m0/s1. The van der Waals surface area contributed by atoms with Gasteiger partial charge in [-0.2, -0.15) is 4.31 Å². The topological polar surface area (TPSA) is 79.0 Å². The minimum Gasteiger partial charge on any atom is -0.379 e. The van der Waals surface area contributed by atoms with Crippen molar-refractivity contribution in [3.05, 3.63) is 29.3 Å². The number of sulfonamides is 1. The second-order valence-corrected chi connectivity index (χ2v) is 9.15. The minimum absolute atomic E-state index is 0.167. The highest BCUT2D eigenvalue weighted by atomic mass is 35.5. The van der Waals surface area contributed by atoms with E-state index in [2.05, 4.69) is 10.2 Å². The van der Waals surface area contributed by atoms with Crippen LogP contribution in [0.15, 0.2) is 29.2 Å².